The highest BCUT2D eigenvalue weighted by atomic mass is 35.5. The highest BCUT2D eigenvalue weighted by Gasteiger charge is 2.06. The van der Waals surface area contributed by atoms with Gasteiger partial charge in [0, 0.05) is 12.0 Å². The van der Waals surface area contributed by atoms with Gasteiger partial charge in [0.25, 0.3) is 0 Å². The Morgan fingerprint density at radius 1 is 1.75 bits per heavy atom. The van der Waals surface area contributed by atoms with Gasteiger partial charge in [-0.05, 0) is 6.92 Å². The maximum absolute atomic E-state index is 10.9. The normalized spacial score (nSPS) is 12.2. The lowest BCUT2D eigenvalue weighted by molar-refractivity contribution is -0.139. The summed E-state index contributed by atoms with van der Waals surface area (Å²) in [5.41, 5.74) is 0.238. The molecular formula is C8H13ClO3. The first kappa shape index (κ1) is 11.5. The average Bonchev–Trinajstić information content (AvgIpc) is 2.02. The van der Waals surface area contributed by atoms with Gasteiger partial charge in [0.15, 0.2) is 0 Å². The highest BCUT2D eigenvalue weighted by molar-refractivity contribution is 6.22. The molecule has 12 heavy (non-hydrogen) atoms. The van der Waals surface area contributed by atoms with E-state index in [1.807, 2.05) is 0 Å². The fourth-order valence-corrected chi connectivity index (χ4v) is 0.588. The molecule has 0 bridgehead atoms. The molecule has 0 saturated heterocycles. The molecule has 3 nitrogen and oxygen atoms in total. The van der Waals surface area contributed by atoms with Gasteiger partial charge in [0.1, 0.15) is 0 Å². The summed E-state index contributed by atoms with van der Waals surface area (Å²) < 4.78 is 4.72. The standard InChI is InChI=1S/C8H13ClO3/c1-6(5-9)8(11)12-4-3-7(2)10/h7,10H,1,3-5H2,2H3. The van der Waals surface area contributed by atoms with Gasteiger partial charge in [0.2, 0.25) is 0 Å². The van der Waals surface area contributed by atoms with Gasteiger partial charge in [-0.25, -0.2) is 4.79 Å². The van der Waals surface area contributed by atoms with E-state index < -0.39 is 12.1 Å². The van der Waals surface area contributed by atoms with Crippen molar-refractivity contribution in [2.75, 3.05) is 12.5 Å². The van der Waals surface area contributed by atoms with Crippen molar-refractivity contribution in [2.45, 2.75) is 19.4 Å². The molecule has 4 heteroatoms. The van der Waals surface area contributed by atoms with Crippen LogP contribution >= 0.6 is 11.6 Å². The van der Waals surface area contributed by atoms with Gasteiger partial charge in [-0.3, -0.25) is 0 Å². The highest BCUT2D eigenvalue weighted by Crippen LogP contribution is 1.99. The molecule has 0 aliphatic carbocycles. The molecule has 70 valence electrons. The number of hydrogen-bond donors (Lipinski definition) is 1. The first-order valence-electron chi connectivity index (χ1n) is 3.67. The summed E-state index contributed by atoms with van der Waals surface area (Å²) >= 11 is 5.34. The van der Waals surface area contributed by atoms with Gasteiger partial charge in [-0.1, -0.05) is 6.58 Å². The number of halogens is 1. The van der Waals surface area contributed by atoms with E-state index in [0.717, 1.165) is 0 Å². The van der Waals surface area contributed by atoms with Crippen molar-refractivity contribution in [2.24, 2.45) is 0 Å². The molecule has 0 aromatic rings. The summed E-state index contributed by atoms with van der Waals surface area (Å²) in [4.78, 5) is 10.9. The Morgan fingerprint density at radius 2 is 2.33 bits per heavy atom. The summed E-state index contributed by atoms with van der Waals surface area (Å²) in [7, 11) is 0. The summed E-state index contributed by atoms with van der Waals surface area (Å²) in [6, 6.07) is 0. The van der Waals surface area contributed by atoms with Crippen LogP contribution in [0, 0.1) is 0 Å². The van der Waals surface area contributed by atoms with Crippen LogP contribution in [-0.2, 0) is 9.53 Å². The third-order valence-corrected chi connectivity index (χ3v) is 1.54. The predicted octanol–water partition coefficient (Wildman–Crippen LogP) is 1.10. The van der Waals surface area contributed by atoms with E-state index in [2.05, 4.69) is 6.58 Å². The van der Waals surface area contributed by atoms with Crippen LogP contribution in [-0.4, -0.2) is 29.7 Å². The number of alkyl halides is 1. The van der Waals surface area contributed by atoms with Gasteiger partial charge in [-0.2, -0.15) is 0 Å². The maximum atomic E-state index is 10.9. The second-order valence-electron chi connectivity index (χ2n) is 2.51. The molecule has 1 atom stereocenters. The Balaban J connectivity index is 3.51. The zero-order valence-electron chi connectivity index (χ0n) is 7.05. The SMILES string of the molecule is C=C(CCl)C(=O)OCCC(C)O. The van der Waals surface area contributed by atoms with Crippen LogP contribution in [0.1, 0.15) is 13.3 Å². The first-order valence-corrected chi connectivity index (χ1v) is 4.20. The van der Waals surface area contributed by atoms with Crippen LogP contribution in [0.15, 0.2) is 12.2 Å². The summed E-state index contributed by atoms with van der Waals surface area (Å²) in [6.07, 6.45) is -0.0246. The summed E-state index contributed by atoms with van der Waals surface area (Å²) in [6.45, 7) is 5.23. The van der Waals surface area contributed by atoms with E-state index in [4.69, 9.17) is 21.4 Å². The number of rotatable bonds is 5. The Labute approximate surface area is 77.0 Å². The predicted molar refractivity (Wildman–Crippen MR) is 47.1 cm³/mol. The van der Waals surface area contributed by atoms with Crippen molar-refractivity contribution in [3.63, 3.8) is 0 Å². The maximum Gasteiger partial charge on any atom is 0.334 e. The monoisotopic (exact) mass is 192 g/mol. The van der Waals surface area contributed by atoms with Gasteiger partial charge in [0.05, 0.1) is 18.6 Å². The quantitative estimate of drug-likeness (QED) is 0.403. The van der Waals surface area contributed by atoms with E-state index in [9.17, 15) is 4.79 Å². The van der Waals surface area contributed by atoms with Crippen LogP contribution in [0.5, 0.6) is 0 Å². The molecule has 0 fully saturated rings. The largest absolute Gasteiger partial charge is 0.462 e. The Morgan fingerprint density at radius 3 is 2.75 bits per heavy atom. The third-order valence-electron chi connectivity index (χ3n) is 1.22. The lowest BCUT2D eigenvalue weighted by atomic mass is 10.3. The van der Waals surface area contributed by atoms with Crippen LogP contribution < -0.4 is 0 Å². The van der Waals surface area contributed by atoms with E-state index in [-0.39, 0.29) is 18.1 Å². The number of ether oxygens (including phenoxy) is 1. The Bertz CT molecular complexity index is 166. The van der Waals surface area contributed by atoms with Crippen molar-refractivity contribution in [1.29, 1.82) is 0 Å². The Kier molecular flexibility index (Phi) is 5.76. The molecule has 0 aliphatic rings. The molecule has 0 radical (unpaired) electrons. The second kappa shape index (κ2) is 6.03. The lowest BCUT2D eigenvalue weighted by Gasteiger charge is -2.05. The van der Waals surface area contributed by atoms with Crippen molar-refractivity contribution < 1.29 is 14.6 Å². The molecule has 0 heterocycles. The molecular weight excluding hydrogens is 180 g/mol. The third kappa shape index (κ3) is 5.16. The molecule has 0 rings (SSSR count). The molecule has 0 aromatic carbocycles. The van der Waals surface area contributed by atoms with Gasteiger partial charge >= 0.3 is 5.97 Å². The number of aliphatic hydroxyl groups is 1. The fourth-order valence-electron chi connectivity index (χ4n) is 0.479. The lowest BCUT2D eigenvalue weighted by Crippen LogP contribution is -2.12. The molecule has 0 aromatic heterocycles. The Hall–Kier alpha value is -0.540. The zero-order chi connectivity index (χ0) is 9.56. The van der Waals surface area contributed by atoms with Crippen LogP contribution in [0.3, 0.4) is 0 Å². The molecule has 0 spiro atoms. The molecule has 1 N–H and O–H groups in total. The number of esters is 1. The van der Waals surface area contributed by atoms with Crippen LogP contribution in [0.2, 0.25) is 0 Å². The number of carbonyl (C=O) groups excluding carboxylic acids is 1. The number of aliphatic hydroxyl groups excluding tert-OH is 1. The van der Waals surface area contributed by atoms with Crippen molar-refractivity contribution in [3.8, 4) is 0 Å². The van der Waals surface area contributed by atoms with Gasteiger partial charge in [-0.15, -0.1) is 11.6 Å². The minimum absolute atomic E-state index is 0.0769. The number of carbonyl (C=O) groups is 1. The minimum atomic E-state index is -0.495. The fraction of sp³-hybridized carbons (Fsp3) is 0.625. The topological polar surface area (TPSA) is 46.5 Å². The van der Waals surface area contributed by atoms with E-state index in [1.165, 1.54) is 0 Å². The second-order valence-corrected chi connectivity index (χ2v) is 2.78. The number of hydrogen-bond acceptors (Lipinski definition) is 3. The van der Waals surface area contributed by atoms with E-state index in [0.29, 0.717) is 6.42 Å². The van der Waals surface area contributed by atoms with E-state index >= 15 is 0 Å². The van der Waals surface area contributed by atoms with Crippen molar-refractivity contribution >= 4 is 17.6 Å². The smallest absolute Gasteiger partial charge is 0.334 e. The minimum Gasteiger partial charge on any atom is -0.462 e. The van der Waals surface area contributed by atoms with Gasteiger partial charge < -0.3 is 9.84 Å². The summed E-state index contributed by atoms with van der Waals surface area (Å²) in [5.74, 6) is -0.418. The molecule has 0 aliphatic heterocycles. The van der Waals surface area contributed by atoms with Crippen molar-refractivity contribution in [1.82, 2.24) is 0 Å². The summed E-state index contributed by atoms with van der Waals surface area (Å²) in [5, 5.41) is 8.82. The molecule has 1 unspecified atom stereocenters. The van der Waals surface area contributed by atoms with E-state index in [1.54, 1.807) is 6.92 Å². The van der Waals surface area contributed by atoms with Crippen LogP contribution in [0.4, 0.5) is 0 Å². The molecule has 0 saturated carbocycles. The van der Waals surface area contributed by atoms with Crippen molar-refractivity contribution in [3.05, 3.63) is 12.2 Å². The molecule has 0 amide bonds. The first-order chi connectivity index (χ1) is 5.57. The average molecular weight is 193 g/mol. The zero-order valence-corrected chi connectivity index (χ0v) is 7.80. The van der Waals surface area contributed by atoms with Crippen LogP contribution in [0.25, 0.3) is 0 Å².